The minimum atomic E-state index is -0.918. The molecule has 136 valence electrons. The maximum atomic E-state index is 11.5. The van der Waals surface area contributed by atoms with E-state index in [0.717, 1.165) is 12.8 Å². The molecule has 0 radical (unpaired) electrons. The van der Waals surface area contributed by atoms with Crippen molar-refractivity contribution in [2.45, 2.75) is 96.8 Å². The van der Waals surface area contributed by atoms with Gasteiger partial charge in [0.1, 0.15) is 5.78 Å². The predicted octanol–water partition coefficient (Wildman–Crippen LogP) is 4.71. The van der Waals surface area contributed by atoms with Gasteiger partial charge < -0.3 is 10.4 Å². The summed E-state index contributed by atoms with van der Waals surface area (Å²) >= 11 is 0. The molecule has 0 aromatic rings. The van der Waals surface area contributed by atoms with Crippen LogP contribution in [0.5, 0.6) is 0 Å². The second-order valence-electron chi connectivity index (χ2n) is 6.53. The van der Waals surface area contributed by atoms with Crippen LogP contribution in [0.4, 0.5) is 0 Å². The summed E-state index contributed by atoms with van der Waals surface area (Å²) in [5, 5.41) is 11.1. The number of carboxylic acid groups (broad SMARTS) is 1. The molecule has 0 aliphatic heterocycles. The van der Waals surface area contributed by atoms with Crippen molar-refractivity contribution in [3.63, 3.8) is 0 Å². The maximum Gasteiger partial charge on any atom is 0.317 e. The van der Waals surface area contributed by atoms with Crippen molar-refractivity contribution in [2.75, 3.05) is 13.1 Å². The molecule has 4 heteroatoms. The van der Waals surface area contributed by atoms with Crippen LogP contribution >= 0.6 is 0 Å². The summed E-state index contributed by atoms with van der Waals surface area (Å²) in [6.07, 6.45) is 17.5. The van der Waals surface area contributed by atoms with Gasteiger partial charge in [0.15, 0.2) is 0 Å². The van der Waals surface area contributed by atoms with E-state index in [1.165, 1.54) is 70.6 Å². The fourth-order valence-electron chi connectivity index (χ4n) is 2.74. The van der Waals surface area contributed by atoms with Crippen molar-refractivity contribution in [2.24, 2.45) is 0 Å². The first-order valence-electron chi connectivity index (χ1n) is 9.61. The van der Waals surface area contributed by atoms with Crippen LogP contribution in [0.25, 0.3) is 0 Å². The van der Waals surface area contributed by atoms with E-state index >= 15 is 0 Å². The lowest BCUT2D eigenvalue weighted by atomic mass is 10.0. The Morgan fingerprint density at radius 1 is 0.696 bits per heavy atom. The minimum absolute atomic E-state index is 0.120. The predicted molar refractivity (Wildman–Crippen MR) is 95.8 cm³/mol. The first kappa shape index (κ1) is 22.1. The van der Waals surface area contributed by atoms with Gasteiger partial charge in [-0.15, -0.1) is 0 Å². The van der Waals surface area contributed by atoms with Gasteiger partial charge >= 0.3 is 5.97 Å². The molecule has 0 atom stereocenters. The van der Waals surface area contributed by atoms with Gasteiger partial charge in [0.2, 0.25) is 0 Å². The lowest BCUT2D eigenvalue weighted by Crippen LogP contribution is -2.28. The highest BCUT2D eigenvalue weighted by atomic mass is 16.4. The van der Waals surface area contributed by atoms with E-state index < -0.39 is 5.97 Å². The summed E-state index contributed by atoms with van der Waals surface area (Å²) in [6.45, 7) is 2.31. The van der Waals surface area contributed by atoms with Crippen LogP contribution in [0.15, 0.2) is 0 Å². The first-order valence-corrected chi connectivity index (χ1v) is 9.61. The largest absolute Gasteiger partial charge is 0.480 e. The first-order chi connectivity index (χ1) is 11.2. The zero-order valence-corrected chi connectivity index (χ0v) is 15.1. The molecule has 0 fully saturated rings. The number of rotatable bonds is 18. The van der Waals surface area contributed by atoms with Crippen LogP contribution in [-0.2, 0) is 9.59 Å². The van der Waals surface area contributed by atoms with E-state index in [9.17, 15) is 9.59 Å². The molecule has 0 aromatic carbocycles. The second kappa shape index (κ2) is 17.5. The van der Waals surface area contributed by atoms with Crippen molar-refractivity contribution < 1.29 is 14.7 Å². The summed E-state index contributed by atoms with van der Waals surface area (Å²) in [6, 6.07) is 0. The third kappa shape index (κ3) is 19.1. The lowest BCUT2D eigenvalue weighted by molar-refractivity contribution is -0.135. The summed E-state index contributed by atoms with van der Waals surface area (Å²) in [4.78, 5) is 21.8. The Balaban J connectivity index is 3.12. The fourth-order valence-corrected chi connectivity index (χ4v) is 2.74. The third-order valence-electron chi connectivity index (χ3n) is 4.16. The molecule has 2 N–H and O–H groups in total. The maximum absolute atomic E-state index is 11.5. The zero-order chi connectivity index (χ0) is 17.2. The molecular formula is C19H37NO3. The van der Waals surface area contributed by atoms with E-state index in [1.54, 1.807) is 0 Å². The SMILES string of the molecule is CCCCCCCCCCCCCCCC(=O)CNCC(=O)O. The number of nitrogens with one attached hydrogen (secondary N) is 1. The van der Waals surface area contributed by atoms with Crippen molar-refractivity contribution in [1.82, 2.24) is 5.32 Å². The molecule has 0 rings (SSSR count). The van der Waals surface area contributed by atoms with Crippen LogP contribution in [0, 0.1) is 0 Å². The molecule has 0 spiro atoms. The molecule has 4 nitrogen and oxygen atoms in total. The highest BCUT2D eigenvalue weighted by Gasteiger charge is 2.03. The van der Waals surface area contributed by atoms with Crippen LogP contribution in [0.2, 0.25) is 0 Å². The van der Waals surface area contributed by atoms with Gasteiger partial charge in [-0.3, -0.25) is 9.59 Å². The Morgan fingerprint density at radius 2 is 1.13 bits per heavy atom. The summed E-state index contributed by atoms with van der Waals surface area (Å²) < 4.78 is 0. The number of Topliss-reactive ketones (excluding diaryl/α,β-unsaturated/α-hetero) is 1. The summed E-state index contributed by atoms with van der Waals surface area (Å²) in [7, 11) is 0. The normalized spacial score (nSPS) is 10.8. The Hall–Kier alpha value is -0.900. The van der Waals surface area contributed by atoms with Crippen LogP contribution in [0.3, 0.4) is 0 Å². The average molecular weight is 328 g/mol. The summed E-state index contributed by atoms with van der Waals surface area (Å²) in [5.74, 6) is -0.798. The Labute approximate surface area is 142 Å². The van der Waals surface area contributed by atoms with Gasteiger partial charge in [-0.25, -0.2) is 0 Å². The molecule has 0 heterocycles. The van der Waals surface area contributed by atoms with Crippen molar-refractivity contribution in [1.29, 1.82) is 0 Å². The van der Waals surface area contributed by atoms with Crippen LogP contribution in [0.1, 0.15) is 96.8 Å². The molecule has 0 saturated heterocycles. The van der Waals surface area contributed by atoms with Crippen molar-refractivity contribution >= 4 is 11.8 Å². The fraction of sp³-hybridized carbons (Fsp3) is 0.895. The summed E-state index contributed by atoms with van der Waals surface area (Å²) in [5.41, 5.74) is 0. The van der Waals surface area contributed by atoms with E-state index in [4.69, 9.17) is 5.11 Å². The zero-order valence-electron chi connectivity index (χ0n) is 15.1. The quantitative estimate of drug-likeness (QED) is 0.358. The van der Waals surface area contributed by atoms with Gasteiger partial charge in [0.25, 0.3) is 0 Å². The molecule has 23 heavy (non-hydrogen) atoms. The molecule has 0 aromatic heterocycles. The molecule has 0 saturated carbocycles. The number of aliphatic carboxylic acids is 1. The number of ketones is 1. The molecule has 0 aliphatic rings. The average Bonchev–Trinajstić information content (AvgIpc) is 2.51. The Kier molecular flexibility index (Phi) is 16.8. The van der Waals surface area contributed by atoms with Crippen molar-refractivity contribution in [3.05, 3.63) is 0 Å². The smallest absolute Gasteiger partial charge is 0.317 e. The van der Waals surface area contributed by atoms with E-state index in [-0.39, 0.29) is 18.9 Å². The highest BCUT2D eigenvalue weighted by Crippen LogP contribution is 2.12. The van der Waals surface area contributed by atoms with Gasteiger partial charge in [-0.1, -0.05) is 84.0 Å². The number of hydrogen-bond acceptors (Lipinski definition) is 3. The third-order valence-corrected chi connectivity index (χ3v) is 4.16. The van der Waals surface area contributed by atoms with Gasteiger partial charge in [0.05, 0.1) is 13.1 Å². The number of unbranched alkanes of at least 4 members (excludes halogenated alkanes) is 12. The van der Waals surface area contributed by atoms with Gasteiger partial charge in [-0.2, -0.15) is 0 Å². The lowest BCUT2D eigenvalue weighted by Gasteiger charge is -2.03. The number of carbonyl (C=O) groups is 2. The minimum Gasteiger partial charge on any atom is -0.480 e. The molecular weight excluding hydrogens is 290 g/mol. The topological polar surface area (TPSA) is 66.4 Å². The second-order valence-corrected chi connectivity index (χ2v) is 6.53. The van der Waals surface area contributed by atoms with Crippen molar-refractivity contribution in [3.8, 4) is 0 Å². The van der Waals surface area contributed by atoms with Crippen LogP contribution in [-0.4, -0.2) is 29.9 Å². The van der Waals surface area contributed by atoms with Crippen LogP contribution < -0.4 is 5.32 Å². The monoisotopic (exact) mass is 327 g/mol. The van der Waals surface area contributed by atoms with E-state index in [1.807, 2.05) is 0 Å². The standard InChI is InChI=1S/C19H37NO3/c1-2-3-4-5-6-7-8-9-10-11-12-13-14-15-18(21)16-20-17-19(22)23/h20H,2-17H2,1H3,(H,22,23). The Morgan fingerprint density at radius 3 is 1.57 bits per heavy atom. The van der Waals surface area contributed by atoms with E-state index in [2.05, 4.69) is 12.2 Å². The van der Waals surface area contributed by atoms with Gasteiger partial charge in [0, 0.05) is 6.42 Å². The molecule has 0 bridgehead atoms. The highest BCUT2D eigenvalue weighted by molar-refractivity contribution is 5.81. The molecule has 0 amide bonds. The molecule has 0 unspecified atom stereocenters. The number of hydrogen-bond donors (Lipinski definition) is 2. The van der Waals surface area contributed by atoms with E-state index in [0.29, 0.717) is 6.42 Å². The Bertz CT molecular complexity index is 292. The number of carboxylic acids is 1. The van der Waals surface area contributed by atoms with Gasteiger partial charge in [-0.05, 0) is 6.42 Å². The molecule has 0 aliphatic carbocycles. The number of carbonyl (C=O) groups excluding carboxylic acids is 1.